The van der Waals surface area contributed by atoms with Crippen LogP contribution < -0.4 is 5.32 Å². The molecule has 0 aromatic carbocycles. The summed E-state index contributed by atoms with van der Waals surface area (Å²) in [7, 11) is 0. The summed E-state index contributed by atoms with van der Waals surface area (Å²) in [6.45, 7) is 4.07. The van der Waals surface area contributed by atoms with Gasteiger partial charge in [-0.3, -0.25) is 0 Å². The third kappa shape index (κ3) is 2.90. The topological polar surface area (TPSA) is 61.8 Å². The first-order chi connectivity index (χ1) is 10.2. The zero-order valence-electron chi connectivity index (χ0n) is 13.0. The van der Waals surface area contributed by atoms with E-state index in [1.807, 2.05) is 6.92 Å². The fourth-order valence-electron chi connectivity index (χ4n) is 3.89. The van der Waals surface area contributed by atoms with E-state index in [0.29, 0.717) is 18.6 Å². The summed E-state index contributed by atoms with van der Waals surface area (Å²) in [4.78, 5) is 14.2. The molecule has 0 aliphatic heterocycles. The van der Waals surface area contributed by atoms with E-state index >= 15 is 0 Å². The number of nitrogens with zero attached hydrogens (tertiary/aromatic N) is 1. The van der Waals surface area contributed by atoms with Crippen molar-refractivity contribution in [1.29, 1.82) is 0 Å². The van der Waals surface area contributed by atoms with Crippen molar-refractivity contribution in [2.24, 2.45) is 11.3 Å². The highest BCUT2D eigenvalue weighted by Crippen LogP contribution is 2.57. The van der Waals surface area contributed by atoms with Crippen molar-refractivity contribution >= 4 is 6.03 Å². The van der Waals surface area contributed by atoms with Crippen LogP contribution in [0.1, 0.15) is 45.4 Å². The Balaban J connectivity index is 1.54. The molecule has 0 unspecified atom stereocenters. The number of urea groups is 1. The molecule has 3 aliphatic carbocycles. The number of carbonyl (C=O) groups is 1. The van der Waals surface area contributed by atoms with Crippen molar-refractivity contribution in [2.75, 3.05) is 26.3 Å². The highest BCUT2D eigenvalue weighted by atomic mass is 16.5. The van der Waals surface area contributed by atoms with Gasteiger partial charge in [-0.1, -0.05) is 6.42 Å². The minimum atomic E-state index is 0.00201. The van der Waals surface area contributed by atoms with Gasteiger partial charge in [0, 0.05) is 31.2 Å². The second kappa shape index (κ2) is 6.13. The van der Waals surface area contributed by atoms with Crippen molar-refractivity contribution in [2.45, 2.75) is 57.6 Å². The Labute approximate surface area is 127 Å². The molecular formula is C16H28N2O3. The first kappa shape index (κ1) is 15.1. The molecule has 0 aromatic rings. The first-order valence-electron chi connectivity index (χ1n) is 8.47. The minimum Gasteiger partial charge on any atom is -0.395 e. The van der Waals surface area contributed by atoms with Gasteiger partial charge in [-0.05, 0) is 44.9 Å². The number of hydrogen-bond acceptors (Lipinski definition) is 3. The Morgan fingerprint density at radius 3 is 2.71 bits per heavy atom. The maximum atomic E-state index is 12.5. The molecule has 3 fully saturated rings. The third-order valence-corrected chi connectivity index (χ3v) is 5.57. The fraction of sp³-hybridized carbons (Fsp3) is 0.938. The van der Waals surface area contributed by atoms with Gasteiger partial charge in [0.15, 0.2) is 0 Å². The number of hydrogen-bond donors (Lipinski definition) is 2. The Bertz CT molecular complexity index is 380. The number of aliphatic hydroxyl groups excluding tert-OH is 1. The Kier molecular flexibility index (Phi) is 4.41. The molecule has 0 radical (unpaired) electrons. The summed E-state index contributed by atoms with van der Waals surface area (Å²) in [5, 5.41) is 12.4. The SMILES string of the molecule is CCO[C@@H]1C[C@@H](NC(=O)N(CCO)CC2CC2)C12CCC2. The summed E-state index contributed by atoms with van der Waals surface area (Å²) in [5.74, 6) is 0.650. The van der Waals surface area contributed by atoms with Gasteiger partial charge in [0.25, 0.3) is 0 Å². The van der Waals surface area contributed by atoms with Gasteiger partial charge in [-0.25, -0.2) is 4.79 Å². The molecule has 2 atom stereocenters. The molecule has 0 aromatic heterocycles. The molecule has 1 spiro atoms. The van der Waals surface area contributed by atoms with Crippen molar-refractivity contribution in [1.82, 2.24) is 10.2 Å². The fourth-order valence-corrected chi connectivity index (χ4v) is 3.89. The van der Waals surface area contributed by atoms with Crippen LogP contribution in [-0.2, 0) is 4.74 Å². The van der Waals surface area contributed by atoms with Gasteiger partial charge < -0.3 is 20.1 Å². The van der Waals surface area contributed by atoms with E-state index in [-0.39, 0.29) is 24.1 Å². The van der Waals surface area contributed by atoms with Crippen LogP contribution in [-0.4, -0.2) is 54.5 Å². The predicted molar refractivity (Wildman–Crippen MR) is 80.0 cm³/mol. The van der Waals surface area contributed by atoms with E-state index in [2.05, 4.69) is 5.32 Å². The average molecular weight is 296 g/mol. The Morgan fingerprint density at radius 1 is 1.43 bits per heavy atom. The normalized spacial score (nSPS) is 29.6. The second-order valence-electron chi connectivity index (χ2n) is 6.88. The average Bonchev–Trinajstić information content (AvgIpc) is 3.18. The van der Waals surface area contributed by atoms with Gasteiger partial charge >= 0.3 is 6.03 Å². The molecule has 3 saturated carbocycles. The standard InChI is InChI=1S/C16H28N2O3/c1-2-21-14-10-13(16(14)6-3-7-16)17-15(20)18(8-9-19)11-12-4-5-12/h12-14,19H,2-11H2,1H3,(H,17,20)/t13-,14-/m1/s1. The molecule has 5 nitrogen and oxygen atoms in total. The second-order valence-corrected chi connectivity index (χ2v) is 6.88. The molecule has 3 aliphatic rings. The third-order valence-electron chi connectivity index (χ3n) is 5.57. The number of amides is 2. The number of ether oxygens (including phenoxy) is 1. The summed E-state index contributed by atoms with van der Waals surface area (Å²) < 4.78 is 5.83. The van der Waals surface area contributed by atoms with Gasteiger partial charge in [0.2, 0.25) is 0 Å². The van der Waals surface area contributed by atoms with E-state index in [1.165, 1.54) is 32.1 Å². The molecule has 2 amide bonds. The molecule has 21 heavy (non-hydrogen) atoms. The van der Waals surface area contributed by atoms with Crippen molar-refractivity contribution in [3.8, 4) is 0 Å². The maximum absolute atomic E-state index is 12.5. The van der Waals surface area contributed by atoms with Crippen molar-refractivity contribution in [3.05, 3.63) is 0 Å². The predicted octanol–water partition coefficient (Wildman–Crippen LogP) is 1.75. The number of aliphatic hydroxyl groups is 1. The van der Waals surface area contributed by atoms with E-state index in [1.54, 1.807) is 4.90 Å². The van der Waals surface area contributed by atoms with Crippen LogP contribution in [0.2, 0.25) is 0 Å². The lowest BCUT2D eigenvalue weighted by Crippen LogP contribution is -2.68. The van der Waals surface area contributed by atoms with Crippen LogP contribution in [0.25, 0.3) is 0 Å². The van der Waals surface area contributed by atoms with E-state index in [4.69, 9.17) is 9.84 Å². The number of rotatable bonds is 7. The Morgan fingerprint density at radius 2 is 2.19 bits per heavy atom. The molecule has 2 N–H and O–H groups in total. The Hall–Kier alpha value is -0.810. The van der Waals surface area contributed by atoms with Crippen LogP contribution in [0.15, 0.2) is 0 Å². The van der Waals surface area contributed by atoms with Gasteiger partial charge in [0.1, 0.15) is 0 Å². The van der Waals surface area contributed by atoms with E-state index in [9.17, 15) is 4.79 Å². The lowest BCUT2D eigenvalue weighted by atomic mass is 9.51. The highest BCUT2D eigenvalue weighted by Gasteiger charge is 2.59. The molecular weight excluding hydrogens is 268 g/mol. The van der Waals surface area contributed by atoms with Gasteiger partial charge in [-0.15, -0.1) is 0 Å². The van der Waals surface area contributed by atoms with Crippen LogP contribution >= 0.6 is 0 Å². The molecule has 0 heterocycles. The first-order valence-corrected chi connectivity index (χ1v) is 8.47. The zero-order chi connectivity index (χ0) is 14.9. The van der Waals surface area contributed by atoms with Crippen LogP contribution in [0, 0.1) is 11.3 Å². The highest BCUT2D eigenvalue weighted by molar-refractivity contribution is 5.75. The van der Waals surface area contributed by atoms with Crippen LogP contribution in [0.3, 0.4) is 0 Å². The molecule has 3 rings (SSSR count). The van der Waals surface area contributed by atoms with Crippen molar-refractivity contribution < 1.29 is 14.6 Å². The number of nitrogens with one attached hydrogen (secondary N) is 1. The summed E-state index contributed by atoms with van der Waals surface area (Å²) in [5.41, 5.74) is 0.204. The smallest absolute Gasteiger partial charge is 0.317 e. The van der Waals surface area contributed by atoms with Crippen molar-refractivity contribution in [3.63, 3.8) is 0 Å². The summed E-state index contributed by atoms with van der Waals surface area (Å²) in [6.07, 6.45) is 7.30. The number of carbonyl (C=O) groups excluding carboxylic acids is 1. The van der Waals surface area contributed by atoms with Gasteiger partial charge in [-0.2, -0.15) is 0 Å². The molecule has 5 heteroatoms. The zero-order valence-corrected chi connectivity index (χ0v) is 13.0. The molecule has 0 bridgehead atoms. The van der Waals surface area contributed by atoms with Crippen LogP contribution in [0.5, 0.6) is 0 Å². The lowest BCUT2D eigenvalue weighted by molar-refractivity contribution is -0.169. The van der Waals surface area contributed by atoms with E-state index < -0.39 is 0 Å². The largest absolute Gasteiger partial charge is 0.395 e. The summed E-state index contributed by atoms with van der Waals surface area (Å²) >= 11 is 0. The summed E-state index contributed by atoms with van der Waals surface area (Å²) in [6, 6.07) is 0.262. The monoisotopic (exact) mass is 296 g/mol. The van der Waals surface area contributed by atoms with Gasteiger partial charge in [0.05, 0.1) is 12.7 Å². The molecule has 0 saturated heterocycles. The quantitative estimate of drug-likeness (QED) is 0.752. The minimum absolute atomic E-state index is 0.00201. The molecule has 120 valence electrons. The van der Waals surface area contributed by atoms with E-state index in [0.717, 1.165) is 19.6 Å². The maximum Gasteiger partial charge on any atom is 0.317 e. The van der Waals surface area contributed by atoms with Crippen LogP contribution in [0.4, 0.5) is 4.79 Å². The lowest BCUT2D eigenvalue weighted by Gasteiger charge is -2.61.